The van der Waals surface area contributed by atoms with E-state index in [9.17, 15) is 9.59 Å². The highest BCUT2D eigenvalue weighted by atomic mass is 79.9. The zero-order chi connectivity index (χ0) is 14.8. The van der Waals surface area contributed by atoms with Crippen molar-refractivity contribution in [3.63, 3.8) is 0 Å². The molecule has 1 aromatic heterocycles. The van der Waals surface area contributed by atoms with Crippen LogP contribution in [-0.2, 0) is 6.54 Å². The molecule has 0 radical (unpaired) electrons. The van der Waals surface area contributed by atoms with Gasteiger partial charge in [-0.15, -0.1) is 0 Å². The van der Waals surface area contributed by atoms with Gasteiger partial charge in [0, 0.05) is 10.9 Å². The van der Waals surface area contributed by atoms with E-state index in [1.54, 1.807) is 36.4 Å². The third-order valence-corrected chi connectivity index (χ3v) is 3.80. The first-order valence-corrected chi connectivity index (χ1v) is 7.20. The molecule has 0 aliphatic rings. The van der Waals surface area contributed by atoms with Crippen LogP contribution in [-0.4, -0.2) is 15.6 Å². The Hall–Kier alpha value is -2.27. The number of carbonyl (C=O) groups excluding carboxylic acids is 1. The Labute approximate surface area is 129 Å². The molecule has 3 rings (SSSR count). The summed E-state index contributed by atoms with van der Waals surface area (Å²) in [4.78, 5) is 24.6. The molecule has 0 saturated heterocycles. The fraction of sp³-hybridized carbons (Fsp3) is 0.0625. The number of nitrogens with zero attached hydrogens (tertiary/aromatic N) is 2. The number of benzene rings is 2. The third-order valence-electron chi connectivity index (χ3n) is 3.21. The van der Waals surface area contributed by atoms with Gasteiger partial charge in [-0.05, 0) is 22.0 Å². The van der Waals surface area contributed by atoms with E-state index in [0.29, 0.717) is 15.6 Å². The van der Waals surface area contributed by atoms with Crippen LogP contribution in [0.2, 0.25) is 0 Å². The van der Waals surface area contributed by atoms with Gasteiger partial charge in [0.2, 0.25) is 0 Å². The van der Waals surface area contributed by atoms with E-state index >= 15 is 0 Å². The molecule has 2 aromatic carbocycles. The van der Waals surface area contributed by atoms with Gasteiger partial charge in [-0.25, -0.2) is 4.68 Å². The van der Waals surface area contributed by atoms with Crippen molar-refractivity contribution in [2.45, 2.75) is 6.54 Å². The molecule has 5 heteroatoms. The highest BCUT2D eigenvalue weighted by molar-refractivity contribution is 9.10. The second-order valence-corrected chi connectivity index (χ2v) is 5.34. The Balaban J connectivity index is 2.04. The quantitative estimate of drug-likeness (QED) is 0.687. The Morgan fingerprint density at radius 1 is 1.00 bits per heavy atom. The predicted octanol–water partition coefficient (Wildman–Crippen LogP) is 3.04. The SMILES string of the molecule is O=C(Cn1nc(Br)c2ccccc2c1=O)c1ccccc1. The number of Topliss-reactive ketones (excluding diaryl/α,β-unsaturated/α-hetero) is 1. The molecule has 1 heterocycles. The summed E-state index contributed by atoms with van der Waals surface area (Å²) in [6, 6.07) is 16.1. The van der Waals surface area contributed by atoms with E-state index in [-0.39, 0.29) is 17.9 Å². The van der Waals surface area contributed by atoms with Gasteiger partial charge in [0.05, 0.1) is 5.39 Å². The van der Waals surface area contributed by atoms with Crippen molar-refractivity contribution in [1.29, 1.82) is 0 Å². The Kier molecular flexibility index (Phi) is 3.66. The lowest BCUT2D eigenvalue weighted by Gasteiger charge is -2.07. The largest absolute Gasteiger partial charge is 0.292 e. The summed E-state index contributed by atoms with van der Waals surface area (Å²) in [5.74, 6) is -0.146. The number of hydrogen-bond acceptors (Lipinski definition) is 3. The zero-order valence-electron chi connectivity index (χ0n) is 11.0. The molecule has 0 fully saturated rings. The molecule has 0 N–H and O–H groups in total. The fourth-order valence-corrected chi connectivity index (χ4v) is 2.69. The smallest absolute Gasteiger partial charge is 0.275 e. The first-order valence-electron chi connectivity index (χ1n) is 6.40. The molecule has 0 atom stereocenters. The van der Waals surface area contributed by atoms with E-state index in [1.807, 2.05) is 18.2 Å². The first kappa shape index (κ1) is 13.7. The van der Waals surface area contributed by atoms with Gasteiger partial charge in [-0.3, -0.25) is 9.59 Å². The Morgan fingerprint density at radius 3 is 2.33 bits per heavy atom. The van der Waals surface area contributed by atoms with Crippen LogP contribution in [0.25, 0.3) is 10.8 Å². The number of fused-ring (bicyclic) bond motifs is 1. The summed E-state index contributed by atoms with van der Waals surface area (Å²) < 4.78 is 1.75. The summed E-state index contributed by atoms with van der Waals surface area (Å²) in [7, 11) is 0. The molecule has 3 aromatic rings. The van der Waals surface area contributed by atoms with Crippen molar-refractivity contribution in [3.05, 3.63) is 75.1 Å². The summed E-state index contributed by atoms with van der Waals surface area (Å²) in [5.41, 5.74) is 0.300. The first-order chi connectivity index (χ1) is 10.2. The van der Waals surface area contributed by atoms with Crippen LogP contribution < -0.4 is 5.56 Å². The minimum Gasteiger partial charge on any atom is -0.292 e. The monoisotopic (exact) mass is 342 g/mol. The van der Waals surface area contributed by atoms with E-state index in [2.05, 4.69) is 21.0 Å². The molecule has 0 unspecified atom stereocenters. The zero-order valence-corrected chi connectivity index (χ0v) is 12.6. The number of aromatic nitrogens is 2. The summed E-state index contributed by atoms with van der Waals surface area (Å²) >= 11 is 3.35. The lowest BCUT2D eigenvalue weighted by atomic mass is 10.1. The van der Waals surface area contributed by atoms with Gasteiger partial charge >= 0.3 is 0 Å². The molecule has 0 aliphatic carbocycles. The maximum Gasteiger partial charge on any atom is 0.275 e. The van der Waals surface area contributed by atoms with Gasteiger partial charge in [0.1, 0.15) is 11.1 Å². The van der Waals surface area contributed by atoms with E-state index < -0.39 is 0 Å². The van der Waals surface area contributed by atoms with E-state index in [0.717, 1.165) is 5.39 Å². The summed E-state index contributed by atoms with van der Waals surface area (Å²) in [6.07, 6.45) is 0. The average molecular weight is 343 g/mol. The van der Waals surface area contributed by atoms with Crippen LogP contribution in [0.5, 0.6) is 0 Å². The van der Waals surface area contributed by atoms with Gasteiger partial charge in [-0.2, -0.15) is 5.10 Å². The molecule has 21 heavy (non-hydrogen) atoms. The van der Waals surface area contributed by atoms with Crippen LogP contribution >= 0.6 is 15.9 Å². The van der Waals surface area contributed by atoms with Crippen LogP contribution in [0.3, 0.4) is 0 Å². The molecular formula is C16H11BrN2O2. The number of ketones is 1. The molecular weight excluding hydrogens is 332 g/mol. The van der Waals surface area contributed by atoms with E-state index in [1.165, 1.54) is 4.68 Å². The van der Waals surface area contributed by atoms with Gasteiger partial charge in [-0.1, -0.05) is 48.5 Å². The minimum atomic E-state index is -0.266. The van der Waals surface area contributed by atoms with Crippen molar-refractivity contribution in [1.82, 2.24) is 9.78 Å². The number of carbonyl (C=O) groups is 1. The van der Waals surface area contributed by atoms with Crippen LogP contribution in [0.4, 0.5) is 0 Å². The van der Waals surface area contributed by atoms with Gasteiger partial charge < -0.3 is 0 Å². The standard InChI is InChI=1S/C16H11BrN2O2/c17-15-12-8-4-5-9-13(12)16(21)19(18-15)10-14(20)11-6-2-1-3-7-11/h1-9H,10H2. The second kappa shape index (κ2) is 5.61. The van der Waals surface area contributed by atoms with Crippen molar-refractivity contribution in [2.24, 2.45) is 0 Å². The Morgan fingerprint density at radius 2 is 1.62 bits per heavy atom. The highest BCUT2D eigenvalue weighted by Crippen LogP contribution is 2.18. The summed E-state index contributed by atoms with van der Waals surface area (Å²) in [5, 5.41) is 5.45. The highest BCUT2D eigenvalue weighted by Gasteiger charge is 2.12. The molecule has 4 nitrogen and oxygen atoms in total. The molecule has 0 spiro atoms. The van der Waals surface area contributed by atoms with Crippen molar-refractivity contribution >= 4 is 32.5 Å². The van der Waals surface area contributed by atoms with Crippen LogP contribution in [0, 0.1) is 0 Å². The average Bonchev–Trinajstić information content (AvgIpc) is 2.53. The molecule has 0 amide bonds. The summed E-state index contributed by atoms with van der Waals surface area (Å²) in [6.45, 7) is -0.0771. The van der Waals surface area contributed by atoms with E-state index in [4.69, 9.17) is 0 Å². The second-order valence-electron chi connectivity index (χ2n) is 4.59. The lowest BCUT2D eigenvalue weighted by molar-refractivity contribution is 0.0966. The van der Waals surface area contributed by atoms with Crippen molar-refractivity contribution < 1.29 is 4.79 Å². The number of hydrogen-bond donors (Lipinski definition) is 0. The maximum atomic E-state index is 12.4. The maximum absolute atomic E-state index is 12.4. The molecule has 0 saturated carbocycles. The fourth-order valence-electron chi connectivity index (χ4n) is 2.15. The normalized spacial score (nSPS) is 10.7. The molecule has 104 valence electrons. The van der Waals surface area contributed by atoms with Crippen molar-refractivity contribution in [3.8, 4) is 0 Å². The minimum absolute atomic E-state index is 0.0771. The van der Waals surface area contributed by atoms with Gasteiger partial charge in [0.15, 0.2) is 5.78 Å². The van der Waals surface area contributed by atoms with Crippen LogP contribution in [0.1, 0.15) is 10.4 Å². The topological polar surface area (TPSA) is 52.0 Å². The van der Waals surface area contributed by atoms with Crippen LogP contribution in [0.15, 0.2) is 64.0 Å². The lowest BCUT2D eigenvalue weighted by Crippen LogP contribution is -2.27. The number of halogens is 1. The third kappa shape index (κ3) is 2.64. The molecule has 0 aliphatic heterocycles. The number of rotatable bonds is 3. The van der Waals surface area contributed by atoms with Crippen molar-refractivity contribution in [2.75, 3.05) is 0 Å². The molecule has 0 bridgehead atoms. The Bertz CT molecular complexity index is 872. The van der Waals surface area contributed by atoms with Gasteiger partial charge in [0.25, 0.3) is 5.56 Å². The predicted molar refractivity (Wildman–Crippen MR) is 84.5 cm³/mol.